The summed E-state index contributed by atoms with van der Waals surface area (Å²) in [4.78, 5) is 0. The van der Waals surface area contributed by atoms with Crippen molar-refractivity contribution in [2.45, 2.75) is 25.7 Å². The molecule has 0 fully saturated rings. The Morgan fingerprint density at radius 1 is 0.842 bits per heavy atom. The topological polar surface area (TPSA) is 38.7 Å². The Balaban J connectivity index is 2.03. The summed E-state index contributed by atoms with van der Waals surface area (Å²) in [6, 6.07) is 18.9. The zero-order valence-electron chi connectivity index (χ0n) is 10.9. The molecule has 2 aromatic rings. The normalized spacial score (nSPS) is 12.2. The number of hydrogen-bond acceptors (Lipinski definition) is 3. The van der Waals surface area contributed by atoms with Crippen LogP contribution in [0.5, 0.6) is 11.5 Å². The van der Waals surface area contributed by atoms with Crippen molar-refractivity contribution in [3.63, 3.8) is 0 Å². The molecule has 3 heteroatoms. The second kappa shape index (κ2) is 6.81. The lowest BCUT2D eigenvalue weighted by Gasteiger charge is -2.21. The molecule has 0 aromatic heterocycles. The van der Waals surface area contributed by atoms with Crippen molar-refractivity contribution < 1.29 is 14.6 Å². The first-order valence-electron chi connectivity index (χ1n) is 6.35. The summed E-state index contributed by atoms with van der Waals surface area (Å²) >= 11 is 0. The number of aliphatic hydroxyl groups excluding tert-OH is 1. The molecule has 0 aliphatic rings. The van der Waals surface area contributed by atoms with Crippen LogP contribution < -0.4 is 9.47 Å². The molecular weight excluding hydrogens is 240 g/mol. The van der Waals surface area contributed by atoms with Crippen molar-refractivity contribution in [3.8, 4) is 11.5 Å². The van der Waals surface area contributed by atoms with Crippen LogP contribution in [0.4, 0.5) is 0 Å². The van der Waals surface area contributed by atoms with Gasteiger partial charge in [-0.3, -0.25) is 0 Å². The van der Waals surface area contributed by atoms with Gasteiger partial charge in [-0.05, 0) is 31.2 Å². The van der Waals surface area contributed by atoms with E-state index in [1.807, 2.05) is 60.7 Å². The highest BCUT2D eigenvalue weighted by Gasteiger charge is 2.15. The number of para-hydroxylation sites is 2. The smallest absolute Gasteiger partial charge is 0.243 e. The van der Waals surface area contributed by atoms with Crippen LogP contribution in [0.15, 0.2) is 60.7 Å². The van der Waals surface area contributed by atoms with Gasteiger partial charge in [0, 0.05) is 6.42 Å². The Hall–Kier alpha value is -2.00. The van der Waals surface area contributed by atoms with Crippen molar-refractivity contribution >= 4 is 0 Å². The third-order valence-corrected chi connectivity index (χ3v) is 2.56. The standard InChI is InChI=1S/C16H18O3/c1-13(17)12-16(18-14-8-4-2-5-9-14)19-15-10-6-3-7-11-15/h2-11,13,16-17H,12H2,1H3. The molecule has 3 nitrogen and oxygen atoms in total. The van der Waals surface area contributed by atoms with Gasteiger partial charge >= 0.3 is 0 Å². The quantitative estimate of drug-likeness (QED) is 0.808. The van der Waals surface area contributed by atoms with Gasteiger partial charge in [-0.2, -0.15) is 0 Å². The third kappa shape index (κ3) is 4.64. The second-order valence-electron chi connectivity index (χ2n) is 4.38. The average molecular weight is 258 g/mol. The average Bonchev–Trinajstić information content (AvgIpc) is 2.40. The van der Waals surface area contributed by atoms with E-state index in [2.05, 4.69) is 0 Å². The fourth-order valence-corrected chi connectivity index (χ4v) is 1.70. The maximum atomic E-state index is 9.52. The first-order chi connectivity index (χ1) is 9.24. The summed E-state index contributed by atoms with van der Waals surface area (Å²) in [5, 5.41) is 9.52. The van der Waals surface area contributed by atoms with Crippen LogP contribution >= 0.6 is 0 Å². The minimum absolute atomic E-state index is 0.407. The maximum Gasteiger partial charge on any atom is 0.243 e. The lowest BCUT2D eigenvalue weighted by molar-refractivity contribution is -0.0275. The molecule has 2 aromatic carbocycles. The van der Waals surface area contributed by atoms with E-state index in [1.54, 1.807) is 6.92 Å². The number of benzene rings is 2. The maximum absolute atomic E-state index is 9.52. The van der Waals surface area contributed by atoms with Crippen molar-refractivity contribution in [1.82, 2.24) is 0 Å². The molecular formula is C16H18O3. The van der Waals surface area contributed by atoms with Crippen LogP contribution in [0.25, 0.3) is 0 Å². The highest BCUT2D eigenvalue weighted by Crippen LogP contribution is 2.18. The molecule has 0 aliphatic carbocycles. The van der Waals surface area contributed by atoms with Crippen molar-refractivity contribution in [2.75, 3.05) is 0 Å². The zero-order chi connectivity index (χ0) is 13.5. The molecule has 19 heavy (non-hydrogen) atoms. The number of aliphatic hydroxyl groups is 1. The van der Waals surface area contributed by atoms with E-state index in [0.29, 0.717) is 6.42 Å². The van der Waals surface area contributed by atoms with Crippen LogP contribution in [-0.2, 0) is 0 Å². The van der Waals surface area contributed by atoms with Crippen molar-refractivity contribution in [2.24, 2.45) is 0 Å². The van der Waals surface area contributed by atoms with Gasteiger partial charge in [0.05, 0.1) is 6.10 Å². The van der Waals surface area contributed by atoms with Gasteiger partial charge in [-0.15, -0.1) is 0 Å². The molecule has 1 N–H and O–H groups in total. The molecule has 100 valence electrons. The largest absolute Gasteiger partial charge is 0.455 e. The Morgan fingerprint density at radius 3 is 1.63 bits per heavy atom. The van der Waals surface area contributed by atoms with Gasteiger partial charge in [-0.1, -0.05) is 36.4 Å². The Kier molecular flexibility index (Phi) is 4.81. The lowest BCUT2D eigenvalue weighted by atomic mass is 10.2. The van der Waals surface area contributed by atoms with Crippen LogP contribution in [0.1, 0.15) is 13.3 Å². The fraction of sp³-hybridized carbons (Fsp3) is 0.250. The third-order valence-electron chi connectivity index (χ3n) is 2.56. The molecule has 0 aliphatic heterocycles. The van der Waals surface area contributed by atoms with Gasteiger partial charge in [0.25, 0.3) is 0 Å². The first-order valence-corrected chi connectivity index (χ1v) is 6.35. The lowest BCUT2D eigenvalue weighted by Crippen LogP contribution is -2.28. The summed E-state index contributed by atoms with van der Waals surface area (Å²) in [6.07, 6.45) is -0.591. The van der Waals surface area contributed by atoms with E-state index in [9.17, 15) is 5.11 Å². The van der Waals surface area contributed by atoms with Crippen LogP contribution in [0.2, 0.25) is 0 Å². The molecule has 0 saturated heterocycles. The van der Waals surface area contributed by atoms with E-state index < -0.39 is 12.4 Å². The Labute approximate surface area is 113 Å². The molecule has 2 rings (SSSR count). The summed E-state index contributed by atoms with van der Waals surface area (Å²) in [5.41, 5.74) is 0. The molecule has 0 spiro atoms. The SMILES string of the molecule is CC(O)CC(Oc1ccccc1)Oc1ccccc1. The summed E-state index contributed by atoms with van der Waals surface area (Å²) in [6.45, 7) is 1.72. The molecule has 1 unspecified atom stereocenters. The van der Waals surface area contributed by atoms with Gasteiger partial charge in [0.15, 0.2) is 0 Å². The van der Waals surface area contributed by atoms with Crippen LogP contribution in [-0.4, -0.2) is 17.5 Å². The van der Waals surface area contributed by atoms with Gasteiger partial charge < -0.3 is 14.6 Å². The van der Waals surface area contributed by atoms with E-state index in [-0.39, 0.29) is 0 Å². The highest BCUT2D eigenvalue weighted by molar-refractivity contribution is 5.23. The van der Waals surface area contributed by atoms with Crippen molar-refractivity contribution in [1.29, 1.82) is 0 Å². The minimum Gasteiger partial charge on any atom is -0.455 e. The summed E-state index contributed by atoms with van der Waals surface area (Å²) in [5.74, 6) is 1.45. The van der Waals surface area contributed by atoms with E-state index in [0.717, 1.165) is 11.5 Å². The van der Waals surface area contributed by atoms with E-state index >= 15 is 0 Å². The predicted molar refractivity (Wildman–Crippen MR) is 74.2 cm³/mol. The molecule has 0 saturated carbocycles. The monoisotopic (exact) mass is 258 g/mol. The zero-order valence-corrected chi connectivity index (χ0v) is 10.9. The number of rotatable bonds is 6. The van der Waals surface area contributed by atoms with Gasteiger partial charge in [-0.25, -0.2) is 0 Å². The molecule has 1 atom stereocenters. The van der Waals surface area contributed by atoms with Gasteiger partial charge in [0.2, 0.25) is 6.29 Å². The van der Waals surface area contributed by atoms with Crippen LogP contribution in [0, 0.1) is 0 Å². The van der Waals surface area contributed by atoms with Crippen molar-refractivity contribution in [3.05, 3.63) is 60.7 Å². The minimum atomic E-state index is -0.509. The first kappa shape index (κ1) is 13.4. The second-order valence-corrected chi connectivity index (χ2v) is 4.38. The number of ether oxygens (including phenoxy) is 2. The molecule has 0 bridgehead atoms. The summed E-state index contributed by atoms with van der Waals surface area (Å²) < 4.78 is 11.5. The molecule has 0 amide bonds. The predicted octanol–water partition coefficient (Wildman–Crippen LogP) is 3.24. The Bertz CT molecular complexity index is 426. The molecule has 0 heterocycles. The summed E-state index contributed by atoms with van der Waals surface area (Å²) in [7, 11) is 0. The van der Waals surface area contributed by atoms with Gasteiger partial charge in [0.1, 0.15) is 11.5 Å². The van der Waals surface area contributed by atoms with Crippen LogP contribution in [0.3, 0.4) is 0 Å². The fourth-order valence-electron chi connectivity index (χ4n) is 1.70. The van der Waals surface area contributed by atoms with E-state index in [1.165, 1.54) is 0 Å². The Morgan fingerprint density at radius 2 is 1.26 bits per heavy atom. The number of hydrogen-bond donors (Lipinski definition) is 1. The van der Waals surface area contributed by atoms with E-state index in [4.69, 9.17) is 9.47 Å². The highest BCUT2D eigenvalue weighted by atomic mass is 16.7. The molecule has 0 radical (unpaired) electrons.